The Labute approximate surface area is 124 Å². The van der Waals surface area contributed by atoms with E-state index in [4.69, 9.17) is 4.74 Å². The number of nitrogens with one attached hydrogen (secondary N) is 1. The van der Waals surface area contributed by atoms with Crippen LogP contribution in [0, 0.1) is 5.92 Å². The molecule has 0 aliphatic carbocycles. The van der Waals surface area contributed by atoms with Gasteiger partial charge in [-0.25, -0.2) is 0 Å². The molecule has 2 atom stereocenters. The Balaban J connectivity index is 1.73. The van der Waals surface area contributed by atoms with E-state index in [9.17, 15) is 4.79 Å². The molecule has 1 fully saturated rings. The van der Waals surface area contributed by atoms with Crippen molar-refractivity contribution >= 4 is 16.9 Å². The zero-order valence-electron chi connectivity index (χ0n) is 12.3. The smallest absolute Gasteiger partial charge is 0.308 e. The number of carbonyl (C=O) groups excluding carboxylic acids is 1. The van der Waals surface area contributed by atoms with Crippen molar-refractivity contribution in [2.24, 2.45) is 5.92 Å². The van der Waals surface area contributed by atoms with Gasteiger partial charge in [-0.15, -0.1) is 0 Å². The third-order valence-electron chi connectivity index (χ3n) is 5.08. The van der Waals surface area contributed by atoms with E-state index in [1.807, 2.05) is 0 Å². The maximum atomic E-state index is 11.9. The van der Waals surface area contributed by atoms with Gasteiger partial charge in [-0.1, -0.05) is 18.2 Å². The summed E-state index contributed by atoms with van der Waals surface area (Å²) >= 11 is 0. The third-order valence-corrected chi connectivity index (χ3v) is 5.08. The molecule has 1 N–H and O–H groups in total. The van der Waals surface area contributed by atoms with Gasteiger partial charge in [0.1, 0.15) is 0 Å². The summed E-state index contributed by atoms with van der Waals surface area (Å²) in [6.45, 7) is 2.08. The summed E-state index contributed by atoms with van der Waals surface area (Å²) in [6, 6.07) is 8.83. The molecule has 4 nitrogen and oxygen atoms in total. The Morgan fingerprint density at radius 2 is 2.19 bits per heavy atom. The molecule has 0 spiro atoms. The molecule has 1 aromatic carbocycles. The van der Waals surface area contributed by atoms with Crippen LogP contribution in [0.25, 0.3) is 10.9 Å². The van der Waals surface area contributed by atoms with E-state index in [2.05, 4.69) is 34.1 Å². The number of aromatic amines is 1. The van der Waals surface area contributed by atoms with Crippen LogP contribution in [-0.2, 0) is 16.0 Å². The first kappa shape index (κ1) is 12.9. The maximum Gasteiger partial charge on any atom is 0.308 e. The van der Waals surface area contributed by atoms with Crippen molar-refractivity contribution in [1.29, 1.82) is 0 Å². The van der Waals surface area contributed by atoms with Crippen LogP contribution in [0.5, 0.6) is 0 Å². The van der Waals surface area contributed by atoms with Gasteiger partial charge in [-0.05, 0) is 37.4 Å². The van der Waals surface area contributed by atoms with Gasteiger partial charge >= 0.3 is 5.97 Å². The Kier molecular flexibility index (Phi) is 3.00. The van der Waals surface area contributed by atoms with E-state index in [1.165, 1.54) is 29.3 Å². The molecule has 1 aromatic heterocycles. The summed E-state index contributed by atoms with van der Waals surface area (Å²) in [6.07, 6.45) is 2.88. The Morgan fingerprint density at radius 1 is 1.33 bits per heavy atom. The highest BCUT2D eigenvalue weighted by molar-refractivity contribution is 5.85. The highest BCUT2D eigenvalue weighted by atomic mass is 16.5. The largest absolute Gasteiger partial charge is 0.469 e. The minimum atomic E-state index is -0.0575. The number of methoxy groups -OCH3 is 1. The average molecular weight is 284 g/mol. The Bertz CT molecular complexity index is 691. The predicted octanol–water partition coefficient (Wildman–Crippen LogP) is 2.65. The Morgan fingerprint density at radius 3 is 3.05 bits per heavy atom. The summed E-state index contributed by atoms with van der Waals surface area (Å²) in [4.78, 5) is 18.0. The summed E-state index contributed by atoms with van der Waals surface area (Å²) in [5.74, 6) is -0.0218. The van der Waals surface area contributed by atoms with Crippen LogP contribution in [-0.4, -0.2) is 36.1 Å². The summed E-state index contributed by atoms with van der Waals surface area (Å²) < 4.78 is 4.95. The van der Waals surface area contributed by atoms with Gasteiger partial charge in [-0.2, -0.15) is 0 Å². The van der Waals surface area contributed by atoms with Crippen LogP contribution in [0.3, 0.4) is 0 Å². The monoisotopic (exact) mass is 284 g/mol. The number of aromatic nitrogens is 1. The van der Waals surface area contributed by atoms with Crippen LogP contribution in [0.1, 0.15) is 30.1 Å². The summed E-state index contributed by atoms with van der Waals surface area (Å²) in [5.41, 5.74) is 3.97. The summed E-state index contributed by atoms with van der Waals surface area (Å²) in [5, 5.41) is 1.34. The molecular formula is C17H20N2O2. The number of carbonyl (C=O) groups is 1. The van der Waals surface area contributed by atoms with Gasteiger partial charge < -0.3 is 9.72 Å². The van der Waals surface area contributed by atoms with Crippen molar-refractivity contribution < 1.29 is 9.53 Å². The van der Waals surface area contributed by atoms with Gasteiger partial charge in [0.05, 0.1) is 19.1 Å². The normalized spacial score (nSPS) is 25.4. The lowest BCUT2D eigenvalue weighted by Crippen LogP contribution is -2.43. The second-order valence-corrected chi connectivity index (χ2v) is 6.11. The highest BCUT2D eigenvalue weighted by Gasteiger charge is 2.38. The maximum absolute atomic E-state index is 11.9. The fourth-order valence-electron chi connectivity index (χ4n) is 3.99. The number of ether oxygens (including phenoxy) is 1. The van der Waals surface area contributed by atoms with Crippen molar-refractivity contribution in [3.8, 4) is 0 Å². The number of hydrogen-bond donors (Lipinski definition) is 1. The van der Waals surface area contributed by atoms with Gasteiger partial charge in [0.15, 0.2) is 0 Å². The second-order valence-electron chi connectivity index (χ2n) is 6.11. The number of benzene rings is 1. The predicted molar refractivity (Wildman–Crippen MR) is 81.1 cm³/mol. The molecule has 4 rings (SSSR count). The van der Waals surface area contributed by atoms with Crippen molar-refractivity contribution in [2.75, 3.05) is 20.2 Å². The van der Waals surface area contributed by atoms with E-state index in [-0.39, 0.29) is 11.9 Å². The minimum absolute atomic E-state index is 0.0358. The number of para-hydroxylation sites is 1. The van der Waals surface area contributed by atoms with Gasteiger partial charge in [0.25, 0.3) is 0 Å². The lowest BCUT2D eigenvalue weighted by Gasteiger charge is -2.41. The van der Waals surface area contributed by atoms with Crippen LogP contribution in [0.4, 0.5) is 0 Å². The number of hydrogen-bond acceptors (Lipinski definition) is 3. The first-order valence-electron chi connectivity index (χ1n) is 7.69. The first-order valence-corrected chi connectivity index (χ1v) is 7.69. The number of H-pyrrole nitrogens is 1. The van der Waals surface area contributed by atoms with Crippen LogP contribution in [0.2, 0.25) is 0 Å². The molecule has 21 heavy (non-hydrogen) atoms. The number of rotatable bonds is 1. The molecule has 2 aromatic rings. The van der Waals surface area contributed by atoms with E-state index in [0.717, 1.165) is 32.4 Å². The van der Waals surface area contributed by atoms with E-state index in [1.54, 1.807) is 0 Å². The van der Waals surface area contributed by atoms with Crippen LogP contribution < -0.4 is 0 Å². The van der Waals surface area contributed by atoms with Crippen molar-refractivity contribution in [1.82, 2.24) is 9.88 Å². The molecule has 4 heteroatoms. The highest BCUT2D eigenvalue weighted by Crippen LogP contribution is 2.41. The Hall–Kier alpha value is -1.81. The summed E-state index contributed by atoms with van der Waals surface area (Å²) in [7, 11) is 1.49. The van der Waals surface area contributed by atoms with Crippen LogP contribution >= 0.6 is 0 Å². The molecule has 2 aliphatic heterocycles. The van der Waals surface area contributed by atoms with E-state index in [0.29, 0.717) is 6.04 Å². The molecule has 110 valence electrons. The molecule has 3 heterocycles. The fourth-order valence-corrected chi connectivity index (χ4v) is 3.99. The lowest BCUT2D eigenvalue weighted by atomic mass is 9.85. The molecule has 0 amide bonds. The standard InChI is InChI=1S/C17H20N2O2/c1-21-17(20)11-6-8-19-9-7-13-12-4-2-3-5-14(12)18-16(13)15(19)10-11/h2-5,11,15,18H,6-10H2,1H3/t11-,15-/m0/s1. The molecule has 2 aliphatic rings. The van der Waals surface area contributed by atoms with E-state index >= 15 is 0 Å². The van der Waals surface area contributed by atoms with Crippen LogP contribution in [0.15, 0.2) is 24.3 Å². The van der Waals surface area contributed by atoms with Crippen molar-refractivity contribution in [3.05, 3.63) is 35.5 Å². The SMILES string of the molecule is COC(=O)[C@H]1CCN2CCc3c([nH]c4ccccc34)[C@@H]2C1. The zero-order chi connectivity index (χ0) is 14.4. The van der Waals surface area contributed by atoms with E-state index < -0.39 is 0 Å². The average Bonchev–Trinajstić information content (AvgIpc) is 2.92. The molecular weight excluding hydrogens is 264 g/mol. The number of nitrogens with zero attached hydrogens (tertiary/aromatic N) is 1. The minimum Gasteiger partial charge on any atom is -0.469 e. The topological polar surface area (TPSA) is 45.3 Å². The van der Waals surface area contributed by atoms with Crippen molar-refractivity contribution in [2.45, 2.75) is 25.3 Å². The molecule has 0 bridgehead atoms. The van der Waals surface area contributed by atoms with Gasteiger partial charge in [0.2, 0.25) is 0 Å². The van der Waals surface area contributed by atoms with Crippen molar-refractivity contribution in [3.63, 3.8) is 0 Å². The molecule has 0 unspecified atom stereocenters. The fraction of sp³-hybridized carbons (Fsp3) is 0.471. The number of fused-ring (bicyclic) bond motifs is 5. The number of piperidine rings is 1. The van der Waals surface area contributed by atoms with Gasteiger partial charge in [-0.3, -0.25) is 9.69 Å². The third kappa shape index (κ3) is 1.97. The number of esters is 1. The zero-order valence-corrected chi connectivity index (χ0v) is 12.3. The second kappa shape index (κ2) is 4.88. The molecule has 0 radical (unpaired) electrons. The van der Waals surface area contributed by atoms with Gasteiger partial charge in [0, 0.05) is 23.1 Å². The lowest BCUT2D eigenvalue weighted by molar-refractivity contribution is -0.148. The molecule has 1 saturated heterocycles. The quantitative estimate of drug-likeness (QED) is 0.819. The first-order chi connectivity index (χ1) is 10.3. The molecule has 0 saturated carbocycles.